The average Bonchev–Trinajstić information content (AvgIpc) is 2.47. The van der Waals surface area contributed by atoms with E-state index in [0.717, 1.165) is 12.1 Å². The third-order valence-electron chi connectivity index (χ3n) is 3.25. The lowest BCUT2D eigenvalue weighted by Crippen LogP contribution is -2.43. The normalized spacial score (nSPS) is 19.8. The second kappa shape index (κ2) is 6.62. The van der Waals surface area contributed by atoms with Crippen molar-refractivity contribution in [2.45, 2.75) is 12.6 Å². The fourth-order valence-electron chi connectivity index (χ4n) is 2.25. The summed E-state index contributed by atoms with van der Waals surface area (Å²) in [4.78, 5) is 12.5. The molecule has 8 heteroatoms. The first-order valence-corrected chi connectivity index (χ1v) is 6.32. The molecular formula is C12H18N4O4. The van der Waals surface area contributed by atoms with Gasteiger partial charge in [0.2, 0.25) is 0 Å². The summed E-state index contributed by atoms with van der Waals surface area (Å²) in [5, 5.41) is 19.9. The summed E-state index contributed by atoms with van der Waals surface area (Å²) in [6.07, 6.45) is -0.172. The highest BCUT2D eigenvalue weighted by Crippen LogP contribution is 2.25. The number of rotatable bonds is 5. The standard InChI is InChI=1S/C12H18N4O4/c13-14-11-5-9(1-2-12(11)16(18)19)6-15-3-4-20-10(7-15)8-17/h1-2,5,10,14,17H,3-4,6-8,13H2. The van der Waals surface area contributed by atoms with Gasteiger partial charge >= 0.3 is 0 Å². The molecule has 0 radical (unpaired) electrons. The zero-order chi connectivity index (χ0) is 14.5. The quantitative estimate of drug-likeness (QED) is 0.398. The topological polar surface area (TPSA) is 114 Å². The fraction of sp³-hybridized carbons (Fsp3) is 0.500. The molecule has 8 nitrogen and oxygen atoms in total. The van der Waals surface area contributed by atoms with Crippen LogP contribution in [0.15, 0.2) is 18.2 Å². The van der Waals surface area contributed by atoms with E-state index < -0.39 is 4.92 Å². The Labute approximate surface area is 116 Å². The minimum absolute atomic E-state index is 0.00757. The zero-order valence-electron chi connectivity index (χ0n) is 11.0. The predicted octanol–water partition coefficient (Wildman–Crippen LogP) is 0.0735. The summed E-state index contributed by atoms with van der Waals surface area (Å²) >= 11 is 0. The van der Waals surface area contributed by atoms with Crippen molar-refractivity contribution in [3.63, 3.8) is 0 Å². The summed E-state index contributed by atoms with van der Waals surface area (Å²) in [7, 11) is 0. The summed E-state index contributed by atoms with van der Waals surface area (Å²) in [5.74, 6) is 5.31. The van der Waals surface area contributed by atoms with E-state index in [2.05, 4.69) is 10.3 Å². The van der Waals surface area contributed by atoms with E-state index in [9.17, 15) is 10.1 Å². The second-order valence-corrected chi connectivity index (χ2v) is 4.66. The summed E-state index contributed by atoms with van der Waals surface area (Å²) in [6.45, 7) is 2.59. The van der Waals surface area contributed by atoms with Gasteiger partial charge in [-0.15, -0.1) is 0 Å². The van der Waals surface area contributed by atoms with E-state index in [1.54, 1.807) is 12.1 Å². The van der Waals surface area contributed by atoms with Crippen molar-refractivity contribution >= 4 is 11.4 Å². The largest absolute Gasteiger partial charge is 0.394 e. The Kier molecular flexibility index (Phi) is 4.85. The number of aliphatic hydroxyl groups excluding tert-OH is 1. The molecule has 2 rings (SSSR count). The average molecular weight is 282 g/mol. The Morgan fingerprint density at radius 3 is 3.05 bits per heavy atom. The van der Waals surface area contributed by atoms with Crippen LogP contribution in [0.2, 0.25) is 0 Å². The smallest absolute Gasteiger partial charge is 0.293 e. The molecule has 0 aliphatic carbocycles. The van der Waals surface area contributed by atoms with Crippen LogP contribution in [0.25, 0.3) is 0 Å². The molecule has 0 bridgehead atoms. The minimum atomic E-state index is -0.477. The first kappa shape index (κ1) is 14.7. The van der Waals surface area contributed by atoms with Gasteiger partial charge in [0.15, 0.2) is 0 Å². The summed E-state index contributed by atoms with van der Waals surface area (Å²) < 4.78 is 5.38. The van der Waals surface area contributed by atoms with Gasteiger partial charge in [0.1, 0.15) is 5.69 Å². The highest BCUT2D eigenvalue weighted by atomic mass is 16.6. The van der Waals surface area contributed by atoms with E-state index in [1.807, 2.05) is 0 Å². The number of hydrogen-bond acceptors (Lipinski definition) is 7. The van der Waals surface area contributed by atoms with Crippen molar-refractivity contribution < 1.29 is 14.8 Å². The van der Waals surface area contributed by atoms with Gasteiger partial charge in [0.25, 0.3) is 5.69 Å². The van der Waals surface area contributed by atoms with Crippen LogP contribution in [0, 0.1) is 10.1 Å². The molecule has 1 atom stereocenters. The van der Waals surface area contributed by atoms with Crippen LogP contribution in [0.1, 0.15) is 5.56 Å². The summed E-state index contributed by atoms with van der Waals surface area (Å²) in [6, 6.07) is 4.82. The number of nitrogens with two attached hydrogens (primary N) is 1. The molecule has 4 N–H and O–H groups in total. The van der Waals surface area contributed by atoms with Crippen LogP contribution in [0.5, 0.6) is 0 Å². The maximum atomic E-state index is 10.8. The molecule has 1 fully saturated rings. The van der Waals surface area contributed by atoms with Crippen molar-refractivity contribution in [2.24, 2.45) is 5.84 Å². The predicted molar refractivity (Wildman–Crippen MR) is 73.0 cm³/mol. The van der Waals surface area contributed by atoms with Gasteiger partial charge in [-0.3, -0.25) is 20.9 Å². The van der Waals surface area contributed by atoms with Crippen LogP contribution >= 0.6 is 0 Å². The number of anilines is 1. The maximum absolute atomic E-state index is 10.8. The monoisotopic (exact) mass is 282 g/mol. The molecule has 1 aromatic rings. The van der Waals surface area contributed by atoms with Crippen LogP contribution in [0.3, 0.4) is 0 Å². The lowest BCUT2D eigenvalue weighted by molar-refractivity contribution is -0.384. The van der Waals surface area contributed by atoms with Gasteiger partial charge in [0, 0.05) is 25.7 Å². The number of nitrogens with one attached hydrogen (secondary N) is 1. The van der Waals surface area contributed by atoms with Gasteiger partial charge < -0.3 is 15.3 Å². The lowest BCUT2D eigenvalue weighted by Gasteiger charge is -2.32. The number of aliphatic hydroxyl groups is 1. The van der Waals surface area contributed by atoms with Crippen molar-refractivity contribution in [3.8, 4) is 0 Å². The molecule has 1 aliphatic rings. The van der Waals surface area contributed by atoms with Crippen molar-refractivity contribution in [3.05, 3.63) is 33.9 Å². The third-order valence-corrected chi connectivity index (χ3v) is 3.25. The Balaban J connectivity index is 2.07. The van der Waals surface area contributed by atoms with Crippen molar-refractivity contribution in [1.82, 2.24) is 4.90 Å². The maximum Gasteiger partial charge on any atom is 0.293 e. The number of nitrogens with zero attached hydrogens (tertiary/aromatic N) is 2. The Bertz CT molecular complexity index is 483. The third kappa shape index (κ3) is 3.42. The molecule has 0 spiro atoms. The highest BCUT2D eigenvalue weighted by molar-refractivity contribution is 5.62. The number of benzene rings is 1. The number of hydrogen-bond donors (Lipinski definition) is 3. The van der Waals surface area contributed by atoms with Crippen LogP contribution in [-0.4, -0.2) is 47.3 Å². The Morgan fingerprint density at radius 2 is 2.40 bits per heavy atom. The van der Waals surface area contributed by atoms with E-state index in [-0.39, 0.29) is 18.4 Å². The molecule has 1 unspecified atom stereocenters. The number of nitro benzene ring substituents is 1. The molecular weight excluding hydrogens is 264 g/mol. The highest BCUT2D eigenvalue weighted by Gasteiger charge is 2.20. The lowest BCUT2D eigenvalue weighted by atomic mass is 10.1. The second-order valence-electron chi connectivity index (χ2n) is 4.66. The SMILES string of the molecule is NNc1cc(CN2CCOC(CO)C2)ccc1[N+](=O)[O-]. The molecule has 1 saturated heterocycles. The molecule has 0 saturated carbocycles. The van der Waals surface area contributed by atoms with Crippen LogP contribution in [0.4, 0.5) is 11.4 Å². The number of ether oxygens (including phenoxy) is 1. The van der Waals surface area contributed by atoms with Gasteiger partial charge in [0.05, 0.1) is 24.2 Å². The van der Waals surface area contributed by atoms with Gasteiger partial charge in [-0.05, 0) is 11.6 Å². The van der Waals surface area contributed by atoms with Crippen molar-refractivity contribution in [2.75, 3.05) is 31.7 Å². The number of nitro groups is 1. The fourth-order valence-corrected chi connectivity index (χ4v) is 2.25. The van der Waals surface area contributed by atoms with Gasteiger partial charge in [-0.2, -0.15) is 0 Å². The Morgan fingerprint density at radius 1 is 1.60 bits per heavy atom. The molecule has 110 valence electrons. The first-order valence-electron chi connectivity index (χ1n) is 6.32. The Hall–Kier alpha value is -1.74. The van der Waals surface area contributed by atoms with E-state index in [4.69, 9.17) is 15.7 Å². The van der Waals surface area contributed by atoms with Gasteiger partial charge in [-0.25, -0.2) is 0 Å². The van der Waals surface area contributed by atoms with Gasteiger partial charge in [-0.1, -0.05) is 6.07 Å². The van der Waals surface area contributed by atoms with E-state index in [1.165, 1.54) is 6.07 Å². The molecule has 0 aromatic heterocycles. The first-order chi connectivity index (χ1) is 9.63. The zero-order valence-corrected chi connectivity index (χ0v) is 11.0. The molecule has 1 heterocycles. The molecule has 1 aliphatic heterocycles. The number of nitrogen functional groups attached to an aromatic ring is 1. The van der Waals surface area contributed by atoms with Crippen LogP contribution < -0.4 is 11.3 Å². The number of hydrazine groups is 1. The molecule has 0 amide bonds. The van der Waals surface area contributed by atoms with Crippen molar-refractivity contribution in [1.29, 1.82) is 0 Å². The van der Waals surface area contributed by atoms with E-state index >= 15 is 0 Å². The van der Waals surface area contributed by atoms with Crippen LogP contribution in [-0.2, 0) is 11.3 Å². The number of morpholine rings is 1. The minimum Gasteiger partial charge on any atom is -0.394 e. The molecule has 1 aromatic carbocycles. The van der Waals surface area contributed by atoms with E-state index in [0.29, 0.717) is 25.4 Å². The summed E-state index contributed by atoms with van der Waals surface area (Å²) in [5.41, 5.74) is 3.51. The molecule has 20 heavy (non-hydrogen) atoms.